The van der Waals surface area contributed by atoms with Gasteiger partial charge < -0.3 is 43.6 Å². The van der Waals surface area contributed by atoms with E-state index in [2.05, 4.69) is 15.3 Å². The average Bonchev–Trinajstić information content (AvgIpc) is 2.87. The summed E-state index contributed by atoms with van der Waals surface area (Å²) in [7, 11) is 0.922. The van der Waals surface area contributed by atoms with Crippen LogP contribution in [0.5, 0.6) is 0 Å². The van der Waals surface area contributed by atoms with E-state index >= 15 is 0 Å². The van der Waals surface area contributed by atoms with E-state index in [1.165, 1.54) is 0 Å². The van der Waals surface area contributed by atoms with Crippen molar-refractivity contribution < 1.29 is 71.8 Å². The molecule has 8 atom stereocenters. The van der Waals surface area contributed by atoms with Gasteiger partial charge in [-0.1, -0.05) is 5.11 Å². The van der Waals surface area contributed by atoms with Crippen molar-refractivity contribution in [3.63, 3.8) is 0 Å². The van der Waals surface area contributed by atoms with E-state index in [9.17, 15) is 38.7 Å². The minimum Gasteiger partial charge on any atom is -0.481 e. The van der Waals surface area contributed by atoms with E-state index < -0.39 is 103 Å². The number of azide groups is 1. The Morgan fingerprint density at radius 2 is 1.63 bits per heavy atom. The monoisotopic (exact) mass is 618 g/mol. The van der Waals surface area contributed by atoms with Gasteiger partial charge in [0.05, 0.1) is 25.7 Å². The Morgan fingerprint density at radius 3 is 2.07 bits per heavy atom. The van der Waals surface area contributed by atoms with Crippen molar-refractivity contribution in [2.45, 2.75) is 96.4 Å². The largest absolute Gasteiger partial charge is 0.481 e. The number of nitrogens with one attached hydrogen (secondary N) is 1. The molecule has 0 saturated carbocycles. The fraction of sp³-hybridized carbons (Fsp3) is 0.708. The third kappa shape index (κ3) is 10.7. The highest BCUT2D eigenvalue weighted by Gasteiger charge is 2.60. The molecular formula is C24H34N4O15. The fourth-order valence-electron chi connectivity index (χ4n) is 4.28. The van der Waals surface area contributed by atoms with E-state index in [0.717, 1.165) is 48.7 Å². The van der Waals surface area contributed by atoms with Gasteiger partial charge in [-0.3, -0.25) is 28.8 Å². The number of carboxylic acid groups (broad SMARTS) is 1. The molecule has 0 aromatic heterocycles. The van der Waals surface area contributed by atoms with Crippen LogP contribution in [0, 0.1) is 0 Å². The molecule has 0 aliphatic carbocycles. The van der Waals surface area contributed by atoms with Crippen molar-refractivity contribution in [3.05, 3.63) is 10.4 Å². The highest BCUT2D eigenvalue weighted by Crippen LogP contribution is 2.38. The molecule has 0 aromatic carbocycles. The van der Waals surface area contributed by atoms with Crippen molar-refractivity contribution in [2.75, 3.05) is 13.7 Å². The molecule has 1 fully saturated rings. The number of hydrogen-bond acceptors (Lipinski definition) is 15. The van der Waals surface area contributed by atoms with E-state index in [0.29, 0.717) is 0 Å². The number of carboxylic acids is 1. The number of carbonyl (C=O) groups is 7. The van der Waals surface area contributed by atoms with Crippen LogP contribution in [-0.4, -0.2) is 109 Å². The lowest BCUT2D eigenvalue weighted by molar-refractivity contribution is -0.324. The number of aliphatic carboxylic acids is 1. The SMILES string of the molecule is COC(=O)[C@@]1(O[C@H](C)[C@H](N=[N+]=[N-])C(=O)O)C[C@H](OC(C)=O)[C@@H](NC(C)=O)[C@H]([C@H](OC(C)=O)[C@@H](COC(C)=O)OC(C)=O)O1. The van der Waals surface area contributed by atoms with Crippen LogP contribution in [0.2, 0.25) is 0 Å². The van der Waals surface area contributed by atoms with E-state index in [4.69, 9.17) is 38.7 Å². The second-order valence-corrected chi connectivity index (χ2v) is 9.24. The first-order valence-electron chi connectivity index (χ1n) is 12.6. The van der Waals surface area contributed by atoms with Crippen molar-refractivity contribution in [3.8, 4) is 0 Å². The Labute approximate surface area is 245 Å². The lowest BCUT2D eigenvalue weighted by Crippen LogP contribution is -2.70. The summed E-state index contributed by atoms with van der Waals surface area (Å²) >= 11 is 0. The highest BCUT2D eigenvalue weighted by atomic mass is 16.7. The minimum absolute atomic E-state index is 0.710. The summed E-state index contributed by atoms with van der Waals surface area (Å²) in [6.45, 7) is 5.51. The Balaban J connectivity index is 3.98. The summed E-state index contributed by atoms with van der Waals surface area (Å²) in [5, 5.41) is 15.2. The lowest BCUT2D eigenvalue weighted by Gasteiger charge is -2.49. The maximum atomic E-state index is 13.3. The zero-order valence-corrected chi connectivity index (χ0v) is 24.5. The van der Waals surface area contributed by atoms with Crippen molar-refractivity contribution >= 4 is 41.7 Å². The molecule has 1 rings (SSSR count). The molecule has 1 aliphatic rings. The van der Waals surface area contributed by atoms with Gasteiger partial charge in [-0.2, -0.15) is 0 Å². The maximum Gasteiger partial charge on any atom is 0.366 e. The molecule has 43 heavy (non-hydrogen) atoms. The molecule has 240 valence electrons. The van der Waals surface area contributed by atoms with Crippen LogP contribution in [0.25, 0.3) is 10.4 Å². The number of amides is 1. The molecule has 1 heterocycles. The van der Waals surface area contributed by atoms with Crippen LogP contribution in [0.4, 0.5) is 0 Å². The predicted octanol–water partition coefficient (Wildman–Crippen LogP) is -0.324. The van der Waals surface area contributed by atoms with Gasteiger partial charge >= 0.3 is 35.8 Å². The second-order valence-electron chi connectivity index (χ2n) is 9.24. The molecule has 2 N–H and O–H groups in total. The molecule has 1 aliphatic heterocycles. The van der Waals surface area contributed by atoms with Crippen molar-refractivity contribution in [1.29, 1.82) is 0 Å². The molecule has 19 nitrogen and oxygen atoms in total. The summed E-state index contributed by atoms with van der Waals surface area (Å²) in [6, 6.07) is -3.36. The van der Waals surface area contributed by atoms with Gasteiger partial charge in [0, 0.05) is 39.5 Å². The maximum absolute atomic E-state index is 13.3. The molecule has 19 heteroatoms. The Morgan fingerprint density at radius 1 is 1.02 bits per heavy atom. The van der Waals surface area contributed by atoms with Crippen LogP contribution >= 0.6 is 0 Å². The van der Waals surface area contributed by atoms with Gasteiger partial charge in [-0.15, -0.1) is 0 Å². The topological polar surface area (TPSA) is 265 Å². The number of ether oxygens (including phenoxy) is 7. The zero-order valence-electron chi connectivity index (χ0n) is 24.5. The summed E-state index contributed by atoms with van der Waals surface area (Å²) < 4.78 is 37.6. The normalized spacial score (nSPS) is 23.9. The van der Waals surface area contributed by atoms with Gasteiger partial charge in [0.25, 0.3) is 5.79 Å². The summed E-state index contributed by atoms with van der Waals surface area (Å²) in [4.78, 5) is 87.7. The summed E-state index contributed by atoms with van der Waals surface area (Å²) in [5.74, 6) is -9.98. The average molecular weight is 619 g/mol. The number of esters is 5. The number of carbonyl (C=O) groups excluding carboxylic acids is 6. The molecule has 0 aromatic rings. The molecule has 0 spiro atoms. The van der Waals surface area contributed by atoms with E-state index in [1.807, 2.05) is 0 Å². The third-order valence-corrected chi connectivity index (χ3v) is 5.74. The van der Waals surface area contributed by atoms with E-state index in [-0.39, 0.29) is 0 Å². The van der Waals surface area contributed by atoms with Gasteiger partial charge in [0.15, 0.2) is 18.2 Å². The second kappa shape index (κ2) is 16.2. The first kappa shape index (κ1) is 36.5. The molecule has 1 amide bonds. The summed E-state index contributed by atoms with van der Waals surface area (Å²) in [5.41, 5.74) is 8.83. The number of nitrogens with zero attached hydrogens (tertiary/aromatic N) is 3. The first-order chi connectivity index (χ1) is 20.0. The van der Waals surface area contributed by atoms with Gasteiger partial charge in [0.2, 0.25) is 5.91 Å². The van der Waals surface area contributed by atoms with Crippen molar-refractivity contribution in [2.24, 2.45) is 5.11 Å². The summed E-state index contributed by atoms with van der Waals surface area (Å²) in [6.07, 6.45) is -9.11. The van der Waals surface area contributed by atoms with Crippen LogP contribution in [-0.2, 0) is 66.7 Å². The van der Waals surface area contributed by atoms with Crippen molar-refractivity contribution in [1.82, 2.24) is 5.32 Å². The van der Waals surface area contributed by atoms with Crippen LogP contribution < -0.4 is 5.32 Å². The number of rotatable bonds is 14. The molecule has 1 saturated heterocycles. The lowest BCUT2D eigenvalue weighted by atomic mass is 9.87. The minimum atomic E-state index is -2.67. The highest BCUT2D eigenvalue weighted by molar-refractivity contribution is 5.79. The van der Waals surface area contributed by atoms with Crippen LogP contribution in [0.15, 0.2) is 5.11 Å². The number of hydrogen-bond donors (Lipinski definition) is 2. The van der Waals surface area contributed by atoms with Crippen LogP contribution in [0.1, 0.15) is 48.0 Å². The van der Waals surface area contributed by atoms with E-state index in [1.54, 1.807) is 0 Å². The molecule has 0 unspecified atom stereocenters. The van der Waals surface area contributed by atoms with Crippen LogP contribution in [0.3, 0.4) is 0 Å². The Kier molecular flexibility index (Phi) is 13.8. The third-order valence-electron chi connectivity index (χ3n) is 5.74. The van der Waals surface area contributed by atoms with Gasteiger partial charge in [-0.25, -0.2) is 4.79 Å². The Bertz CT molecular complexity index is 1140. The van der Waals surface area contributed by atoms with Gasteiger partial charge in [0.1, 0.15) is 18.8 Å². The fourth-order valence-corrected chi connectivity index (χ4v) is 4.28. The molecular weight excluding hydrogens is 584 g/mol. The zero-order chi connectivity index (χ0) is 33.1. The quantitative estimate of drug-likeness (QED) is 0.0830. The standard InChI is InChI=1S/C24H34N4O15/c1-10(18(22(34)35)27-28-25)42-24(23(36)37-7)8-16(39-13(4)31)19(26-11(2)29)21(43-24)20(41-15(6)33)17(40-14(5)32)9-38-12(3)30/h10,16-21H,8-9H2,1-7H3,(H,26,29)(H,34,35)/t10-,16+,17-,18+,19-,20-,21-,24-/m1/s1. The smallest absolute Gasteiger partial charge is 0.366 e. The first-order valence-corrected chi connectivity index (χ1v) is 12.6. The predicted molar refractivity (Wildman–Crippen MR) is 136 cm³/mol. The number of methoxy groups -OCH3 is 1. The molecule has 0 radical (unpaired) electrons. The Hall–Kier alpha value is -4.48. The van der Waals surface area contributed by atoms with Gasteiger partial charge in [-0.05, 0) is 12.5 Å². The molecule has 0 bridgehead atoms.